The first kappa shape index (κ1) is 22.1. The normalized spacial score (nSPS) is 10.3. The summed E-state index contributed by atoms with van der Waals surface area (Å²) in [6.45, 7) is 7.23. The fraction of sp³-hybridized carbons (Fsp3) is 0.0909. The van der Waals surface area contributed by atoms with Crippen LogP contribution in [0.3, 0.4) is 0 Å². The molecular weight excluding hydrogens is 392 g/mol. The molecule has 154 valence electrons. The van der Waals surface area contributed by atoms with E-state index in [1.165, 1.54) is 24.3 Å². The van der Waals surface area contributed by atoms with Crippen LogP contribution >= 0.6 is 0 Å². The van der Waals surface area contributed by atoms with E-state index in [1.807, 2.05) is 0 Å². The number of allylic oxidation sites excluding steroid dienone is 2. The summed E-state index contributed by atoms with van der Waals surface area (Å²) in [5, 5.41) is 37.7. The maximum Gasteiger partial charge on any atom is 0.336 e. The maximum absolute atomic E-state index is 11.6. The molecule has 0 radical (unpaired) electrons. The Kier molecular flexibility index (Phi) is 6.53. The van der Waals surface area contributed by atoms with Gasteiger partial charge in [-0.3, -0.25) is 0 Å². The number of hydrogen-bond acceptors (Lipinski definition) is 4. The number of aromatic carboxylic acids is 4. The van der Waals surface area contributed by atoms with Crippen molar-refractivity contribution >= 4 is 23.9 Å². The smallest absolute Gasteiger partial charge is 0.336 e. The zero-order chi connectivity index (χ0) is 22.6. The minimum atomic E-state index is -1.47. The largest absolute Gasteiger partial charge is 0.478 e. The molecule has 0 aliphatic heterocycles. The molecule has 0 atom stereocenters. The van der Waals surface area contributed by atoms with Crippen molar-refractivity contribution in [3.05, 3.63) is 83.0 Å². The monoisotopic (exact) mass is 410 g/mol. The van der Waals surface area contributed by atoms with E-state index < -0.39 is 46.1 Å². The van der Waals surface area contributed by atoms with Gasteiger partial charge < -0.3 is 20.4 Å². The lowest BCUT2D eigenvalue weighted by Crippen LogP contribution is -2.12. The van der Waals surface area contributed by atoms with Crippen LogP contribution in [0.4, 0.5) is 0 Å². The Morgan fingerprint density at radius 2 is 0.867 bits per heavy atom. The molecule has 0 saturated heterocycles. The molecule has 0 fully saturated rings. The topological polar surface area (TPSA) is 149 Å². The standard InChI is InChI=1S/C22H18O8/c1-3-5-11-7-15(19(23)24)17(21(27)28)9-13(11)14-10-18(22(29)30)16(20(25)26)8-12(14)6-4-2/h3-4,7-10H,1-2,5-6H2,(H,23,24)(H,25,26)(H,27,28)(H,29,30). The van der Waals surface area contributed by atoms with E-state index in [1.54, 1.807) is 0 Å². The lowest BCUT2D eigenvalue weighted by atomic mass is 9.86. The predicted octanol–water partition coefficient (Wildman–Crippen LogP) is 3.60. The zero-order valence-corrected chi connectivity index (χ0v) is 15.7. The Morgan fingerprint density at radius 1 is 0.600 bits per heavy atom. The number of benzene rings is 2. The summed E-state index contributed by atoms with van der Waals surface area (Å²) in [6, 6.07) is 4.70. The minimum absolute atomic E-state index is 0.173. The van der Waals surface area contributed by atoms with Gasteiger partial charge in [0.15, 0.2) is 0 Å². The van der Waals surface area contributed by atoms with E-state index in [0.29, 0.717) is 11.1 Å². The van der Waals surface area contributed by atoms with Gasteiger partial charge in [0.1, 0.15) is 0 Å². The molecule has 4 N–H and O–H groups in total. The van der Waals surface area contributed by atoms with Gasteiger partial charge in [-0.1, -0.05) is 12.2 Å². The van der Waals surface area contributed by atoms with E-state index in [-0.39, 0.29) is 24.0 Å². The Hall–Kier alpha value is -4.20. The van der Waals surface area contributed by atoms with Crippen molar-refractivity contribution in [3.8, 4) is 11.1 Å². The molecule has 2 rings (SSSR count). The number of carboxylic acid groups (broad SMARTS) is 4. The van der Waals surface area contributed by atoms with Gasteiger partial charge in [-0.25, -0.2) is 19.2 Å². The van der Waals surface area contributed by atoms with Crippen LogP contribution in [0.15, 0.2) is 49.6 Å². The Bertz CT molecular complexity index is 1010. The molecule has 0 bridgehead atoms. The second kappa shape index (κ2) is 8.87. The number of hydrogen-bond donors (Lipinski definition) is 4. The summed E-state index contributed by atoms with van der Waals surface area (Å²) in [5.41, 5.74) is -0.456. The molecule has 2 aromatic carbocycles. The molecular formula is C22H18O8. The summed E-state index contributed by atoms with van der Waals surface area (Å²) >= 11 is 0. The SMILES string of the molecule is C=CCc1cc(C(=O)O)c(C(=O)O)cc1-c1cc(C(=O)O)c(C(=O)O)cc1CC=C. The summed E-state index contributed by atoms with van der Waals surface area (Å²) in [6.07, 6.45) is 3.32. The van der Waals surface area contributed by atoms with Crippen LogP contribution in [0.2, 0.25) is 0 Å². The first-order valence-electron chi connectivity index (χ1n) is 8.61. The second-order valence-corrected chi connectivity index (χ2v) is 6.32. The highest BCUT2D eigenvalue weighted by Gasteiger charge is 2.24. The first-order chi connectivity index (χ1) is 14.1. The van der Waals surface area contributed by atoms with Gasteiger partial charge in [0.25, 0.3) is 0 Å². The molecule has 8 nitrogen and oxygen atoms in total. The predicted molar refractivity (Wildman–Crippen MR) is 108 cm³/mol. The van der Waals surface area contributed by atoms with E-state index in [4.69, 9.17) is 0 Å². The molecule has 0 aliphatic rings. The van der Waals surface area contributed by atoms with Crippen LogP contribution in [0.5, 0.6) is 0 Å². The average molecular weight is 410 g/mol. The Labute approximate surface area is 171 Å². The van der Waals surface area contributed by atoms with Crippen LogP contribution in [-0.2, 0) is 12.8 Å². The van der Waals surface area contributed by atoms with Crippen LogP contribution in [-0.4, -0.2) is 44.3 Å². The average Bonchev–Trinajstić information content (AvgIpc) is 2.67. The third-order valence-electron chi connectivity index (χ3n) is 4.43. The lowest BCUT2D eigenvalue weighted by molar-refractivity contribution is 0.0651. The van der Waals surface area contributed by atoms with E-state index in [9.17, 15) is 39.6 Å². The van der Waals surface area contributed by atoms with Gasteiger partial charge in [0.05, 0.1) is 22.3 Å². The number of carbonyl (C=O) groups is 4. The molecule has 0 amide bonds. The van der Waals surface area contributed by atoms with E-state index in [2.05, 4.69) is 13.2 Å². The van der Waals surface area contributed by atoms with Crippen LogP contribution in [0.1, 0.15) is 52.6 Å². The van der Waals surface area contributed by atoms with Gasteiger partial charge in [-0.05, 0) is 59.4 Å². The molecule has 0 heterocycles. The fourth-order valence-electron chi connectivity index (χ4n) is 3.15. The molecule has 2 aromatic rings. The third kappa shape index (κ3) is 4.27. The quantitative estimate of drug-likeness (QED) is 0.458. The van der Waals surface area contributed by atoms with Crippen molar-refractivity contribution < 1.29 is 39.6 Å². The van der Waals surface area contributed by atoms with Gasteiger partial charge in [0, 0.05) is 0 Å². The highest BCUT2D eigenvalue weighted by molar-refractivity contribution is 6.05. The first-order valence-corrected chi connectivity index (χ1v) is 8.61. The molecule has 0 unspecified atom stereocenters. The van der Waals surface area contributed by atoms with Gasteiger partial charge in [-0.2, -0.15) is 0 Å². The summed E-state index contributed by atoms with van der Waals surface area (Å²) in [5.74, 6) is -5.79. The molecule has 8 heteroatoms. The number of rotatable bonds is 9. The fourth-order valence-corrected chi connectivity index (χ4v) is 3.15. The van der Waals surface area contributed by atoms with E-state index >= 15 is 0 Å². The van der Waals surface area contributed by atoms with Crippen molar-refractivity contribution in [1.82, 2.24) is 0 Å². The van der Waals surface area contributed by atoms with Crippen molar-refractivity contribution in [2.24, 2.45) is 0 Å². The van der Waals surface area contributed by atoms with Gasteiger partial charge in [0.2, 0.25) is 0 Å². The van der Waals surface area contributed by atoms with Crippen LogP contribution in [0.25, 0.3) is 11.1 Å². The molecule has 0 aromatic heterocycles. The van der Waals surface area contributed by atoms with Crippen molar-refractivity contribution in [1.29, 1.82) is 0 Å². The van der Waals surface area contributed by atoms with Crippen LogP contribution in [0, 0.1) is 0 Å². The Balaban J connectivity index is 2.99. The minimum Gasteiger partial charge on any atom is -0.478 e. The molecule has 0 aliphatic carbocycles. The van der Waals surface area contributed by atoms with E-state index in [0.717, 1.165) is 12.1 Å². The highest BCUT2D eigenvalue weighted by atomic mass is 16.4. The summed E-state index contributed by atoms with van der Waals surface area (Å²) in [4.78, 5) is 46.3. The van der Waals surface area contributed by atoms with Crippen molar-refractivity contribution in [2.75, 3.05) is 0 Å². The summed E-state index contributed by atoms with van der Waals surface area (Å²) < 4.78 is 0. The Morgan fingerprint density at radius 3 is 1.10 bits per heavy atom. The van der Waals surface area contributed by atoms with Gasteiger partial charge in [-0.15, -0.1) is 13.2 Å². The molecule has 0 spiro atoms. The summed E-state index contributed by atoms with van der Waals surface area (Å²) in [7, 11) is 0. The maximum atomic E-state index is 11.6. The number of carboxylic acids is 4. The molecule has 0 saturated carbocycles. The van der Waals surface area contributed by atoms with Gasteiger partial charge >= 0.3 is 23.9 Å². The highest BCUT2D eigenvalue weighted by Crippen LogP contribution is 2.33. The van der Waals surface area contributed by atoms with Crippen molar-refractivity contribution in [2.45, 2.75) is 12.8 Å². The van der Waals surface area contributed by atoms with Crippen LogP contribution < -0.4 is 0 Å². The third-order valence-corrected chi connectivity index (χ3v) is 4.43. The lowest BCUT2D eigenvalue weighted by Gasteiger charge is -2.17. The second-order valence-electron chi connectivity index (χ2n) is 6.32. The molecule has 30 heavy (non-hydrogen) atoms. The van der Waals surface area contributed by atoms with Crippen molar-refractivity contribution in [3.63, 3.8) is 0 Å². The zero-order valence-electron chi connectivity index (χ0n) is 15.7.